The lowest BCUT2D eigenvalue weighted by molar-refractivity contribution is -0.133. The number of nitrogens with zero attached hydrogens (tertiary/aromatic N) is 1. The molecule has 1 atom stereocenters. The first kappa shape index (κ1) is 20.7. The van der Waals surface area contributed by atoms with Crippen molar-refractivity contribution in [3.63, 3.8) is 0 Å². The van der Waals surface area contributed by atoms with Crippen molar-refractivity contribution in [3.05, 3.63) is 47.8 Å². The van der Waals surface area contributed by atoms with Crippen LogP contribution in [0.4, 0.5) is 15.8 Å². The maximum Gasteiger partial charge on any atom is 0.261 e. The quantitative estimate of drug-likeness (QED) is 0.700. The Morgan fingerprint density at radius 3 is 2.63 bits per heavy atom. The molecule has 0 unspecified atom stereocenters. The van der Waals surface area contributed by atoms with Gasteiger partial charge in [0.2, 0.25) is 11.8 Å². The maximum absolute atomic E-state index is 13.3. The van der Waals surface area contributed by atoms with E-state index in [0.29, 0.717) is 29.2 Å². The second kappa shape index (κ2) is 7.92. The number of benzene rings is 2. The molecule has 30 heavy (non-hydrogen) atoms. The summed E-state index contributed by atoms with van der Waals surface area (Å²) >= 11 is 1.13. The number of likely N-dealkylation sites (tertiary alicyclic amines) is 1. The molecule has 4 rings (SSSR count). The Morgan fingerprint density at radius 1 is 1.20 bits per heavy atom. The molecule has 2 aromatic rings. The monoisotopic (exact) mass is 449 g/mol. The molecule has 2 N–H and O–H groups in total. The van der Waals surface area contributed by atoms with Gasteiger partial charge >= 0.3 is 0 Å². The van der Waals surface area contributed by atoms with Gasteiger partial charge in [0.05, 0.1) is 16.3 Å². The van der Waals surface area contributed by atoms with Crippen LogP contribution in [0.1, 0.15) is 18.4 Å². The van der Waals surface area contributed by atoms with Crippen molar-refractivity contribution in [1.82, 2.24) is 4.90 Å². The first-order chi connectivity index (χ1) is 14.2. The van der Waals surface area contributed by atoms with Gasteiger partial charge in [-0.25, -0.2) is 12.8 Å². The number of fused-ring (bicyclic) bond motifs is 1. The van der Waals surface area contributed by atoms with Crippen LogP contribution in [0, 0.1) is 12.7 Å². The number of hydrogen-bond donors (Lipinski definition) is 2. The zero-order valence-corrected chi connectivity index (χ0v) is 17.8. The second-order valence-corrected chi connectivity index (χ2v) is 10.1. The molecule has 1 fully saturated rings. The average Bonchev–Trinajstić information content (AvgIpc) is 3.23. The predicted octanol–water partition coefficient (Wildman–Crippen LogP) is 2.97. The molecular weight excluding hydrogens is 429 g/mol. The minimum atomic E-state index is -3.95. The van der Waals surface area contributed by atoms with Crippen molar-refractivity contribution >= 4 is 45.0 Å². The number of hydrogen-bond acceptors (Lipinski definition) is 5. The fourth-order valence-electron chi connectivity index (χ4n) is 3.47. The Balaban J connectivity index is 1.56. The van der Waals surface area contributed by atoms with Gasteiger partial charge in [0.25, 0.3) is 10.0 Å². The molecule has 2 aliphatic rings. The molecule has 0 radical (unpaired) electrons. The number of anilines is 2. The molecule has 2 heterocycles. The fourth-order valence-corrected chi connectivity index (χ4v) is 5.68. The molecule has 0 aliphatic carbocycles. The standard InChI is InChI=1S/C20H20FN3O4S2/c1-12-10-13(21)4-6-15(12)23-30(27,28)14-5-7-17-16(11-14)22-19(25)18(29-17)20(26)24-8-2-3-9-24/h4-7,10-11,18,23H,2-3,8-9H2,1H3,(H,22,25)/t18-/m0/s1. The van der Waals surface area contributed by atoms with Crippen LogP contribution in [0.2, 0.25) is 0 Å². The van der Waals surface area contributed by atoms with Gasteiger partial charge in [0, 0.05) is 18.0 Å². The SMILES string of the molecule is Cc1cc(F)ccc1NS(=O)(=O)c1ccc2c(c1)NC(=O)[C@@H](C(=O)N1CCCC1)S2. The number of sulfonamides is 1. The molecule has 10 heteroatoms. The molecule has 1 saturated heterocycles. The topological polar surface area (TPSA) is 95.6 Å². The van der Waals surface area contributed by atoms with Gasteiger partial charge in [-0.1, -0.05) is 0 Å². The number of aryl methyl sites for hydroxylation is 1. The summed E-state index contributed by atoms with van der Waals surface area (Å²) in [6.07, 6.45) is 1.87. The van der Waals surface area contributed by atoms with Crippen LogP contribution in [-0.2, 0) is 19.6 Å². The second-order valence-electron chi connectivity index (χ2n) is 7.24. The summed E-state index contributed by atoms with van der Waals surface area (Å²) < 4.78 is 41.2. The number of nitrogens with one attached hydrogen (secondary N) is 2. The Labute approximate surface area is 178 Å². The minimum absolute atomic E-state index is 0.0461. The zero-order valence-electron chi connectivity index (χ0n) is 16.1. The molecule has 2 aromatic carbocycles. The lowest BCUT2D eigenvalue weighted by Crippen LogP contribution is -2.43. The summed E-state index contributed by atoms with van der Waals surface area (Å²) in [5, 5.41) is 1.78. The van der Waals surface area contributed by atoms with E-state index in [1.54, 1.807) is 17.9 Å². The van der Waals surface area contributed by atoms with E-state index in [1.165, 1.54) is 30.3 Å². The van der Waals surface area contributed by atoms with Gasteiger partial charge in [-0.05, 0) is 61.7 Å². The normalized spacial score (nSPS) is 18.7. The molecule has 0 saturated carbocycles. The van der Waals surface area contributed by atoms with Crippen LogP contribution < -0.4 is 10.0 Å². The summed E-state index contributed by atoms with van der Waals surface area (Å²) in [4.78, 5) is 27.4. The molecule has 2 aliphatic heterocycles. The highest BCUT2D eigenvalue weighted by Crippen LogP contribution is 2.38. The Kier molecular flexibility index (Phi) is 5.46. The Bertz CT molecular complexity index is 1130. The van der Waals surface area contributed by atoms with Crippen molar-refractivity contribution in [3.8, 4) is 0 Å². The van der Waals surface area contributed by atoms with E-state index in [4.69, 9.17) is 0 Å². The van der Waals surface area contributed by atoms with Crippen LogP contribution in [0.3, 0.4) is 0 Å². The van der Waals surface area contributed by atoms with E-state index in [9.17, 15) is 22.4 Å². The highest BCUT2D eigenvalue weighted by molar-refractivity contribution is 8.01. The molecule has 158 valence electrons. The van der Waals surface area contributed by atoms with Crippen molar-refractivity contribution in [2.45, 2.75) is 34.8 Å². The van der Waals surface area contributed by atoms with E-state index in [0.717, 1.165) is 24.6 Å². The zero-order chi connectivity index (χ0) is 21.5. The highest BCUT2D eigenvalue weighted by Gasteiger charge is 2.37. The highest BCUT2D eigenvalue weighted by atomic mass is 32.2. The minimum Gasteiger partial charge on any atom is -0.341 e. The molecule has 0 aromatic heterocycles. The van der Waals surface area contributed by atoms with Crippen molar-refractivity contribution in [2.75, 3.05) is 23.1 Å². The van der Waals surface area contributed by atoms with Crippen LogP contribution in [0.25, 0.3) is 0 Å². The van der Waals surface area contributed by atoms with E-state index in [-0.39, 0.29) is 16.5 Å². The van der Waals surface area contributed by atoms with E-state index in [1.807, 2.05) is 0 Å². The first-order valence-corrected chi connectivity index (χ1v) is 11.8. The summed E-state index contributed by atoms with van der Waals surface area (Å²) in [6, 6.07) is 8.12. The number of carbonyl (C=O) groups is 2. The fraction of sp³-hybridized carbons (Fsp3) is 0.300. The van der Waals surface area contributed by atoms with E-state index in [2.05, 4.69) is 10.0 Å². The van der Waals surface area contributed by atoms with Crippen LogP contribution in [-0.4, -0.2) is 43.5 Å². The van der Waals surface area contributed by atoms with Crippen molar-refractivity contribution < 1.29 is 22.4 Å². The number of carbonyl (C=O) groups excluding carboxylic acids is 2. The number of rotatable bonds is 4. The number of halogens is 1. The third-order valence-electron chi connectivity index (χ3n) is 5.08. The van der Waals surface area contributed by atoms with Gasteiger partial charge in [-0.2, -0.15) is 0 Å². The summed E-state index contributed by atoms with van der Waals surface area (Å²) in [5.74, 6) is -1.13. The molecular formula is C20H20FN3O4S2. The molecule has 2 amide bonds. The van der Waals surface area contributed by atoms with Gasteiger partial charge in [-0.3, -0.25) is 14.3 Å². The maximum atomic E-state index is 13.3. The average molecular weight is 450 g/mol. The molecule has 0 bridgehead atoms. The summed E-state index contributed by atoms with van der Waals surface area (Å²) in [5.41, 5.74) is 1.06. The van der Waals surface area contributed by atoms with Gasteiger partial charge in [0.15, 0.2) is 5.25 Å². The van der Waals surface area contributed by atoms with E-state index < -0.39 is 27.0 Å². The molecule has 0 spiro atoms. The third kappa shape index (κ3) is 4.01. The third-order valence-corrected chi connectivity index (χ3v) is 7.70. The number of thioether (sulfide) groups is 1. The lowest BCUT2D eigenvalue weighted by Gasteiger charge is -2.27. The predicted molar refractivity (Wildman–Crippen MR) is 112 cm³/mol. The van der Waals surface area contributed by atoms with E-state index >= 15 is 0 Å². The van der Waals surface area contributed by atoms with Gasteiger partial charge < -0.3 is 10.2 Å². The lowest BCUT2D eigenvalue weighted by atomic mass is 10.2. The van der Waals surface area contributed by atoms with Crippen LogP contribution in [0.15, 0.2) is 46.2 Å². The molecule has 7 nitrogen and oxygen atoms in total. The summed E-state index contributed by atoms with van der Waals surface area (Å²) in [7, 11) is -3.95. The smallest absolute Gasteiger partial charge is 0.261 e. The number of amides is 2. The summed E-state index contributed by atoms with van der Waals surface area (Å²) in [6.45, 7) is 2.91. The first-order valence-electron chi connectivity index (χ1n) is 9.44. The van der Waals surface area contributed by atoms with Crippen molar-refractivity contribution in [1.29, 1.82) is 0 Å². The van der Waals surface area contributed by atoms with Crippen LogP contribution >= 0.6 is 11.8 Å². The van der Waals surface area contributed by atoms with Gasteiger partial charge in [-0.15, -0.1) is 11.8 Å². The van der Waals surface area contributed by atoms with Crippen molar-refractivity contribution in [2.24, 2.45) is 0 Å². The Morgan fingerprint density at radius 2 is 1.93 bits per heavy atom. The van der Waals surface area contributed by atoms with Gasteiger partial charge in [0.1, 0.15) is 5.82 Å². The van der Waals surface area contributed by atoms with Crippen LogP contribution in [0.5, 0.6) is 0 Å². The largest absolute Gasteiger partial charge is 0.341 e. The Hall–Kier alpha value is -2.59.